The summed E-state index contributed by atoms with van der Waals surface area (Å²) >= 11 is 0. The summed E-state index contributed by atoms with van der Waals surface area (Å²) in [4.78, 5) is 4.73. The highest BCUT2D eigenvalue weighted by molar-refractivity contribution is 4.77. The van der Waals surface area contributed by atoms with Gasteiger partial charge in [0.2, 0.25) is 0 Å². The molecule has 0 aromatic rings. The maximum absolute atomic E-state index is 3.63. The van der Waals surface area contributed by atoms with Crippen molar-refractivity contribution in [3.05, 3.63) is 0 Å². The first-order valence-corrected chi connectivity index (χ1v) is 6.68. The number of rotatable bonds is 6. The summed E-state index contributed by atoms with van der Waals surface area (Å²) in [6, 6.07) is 1.45. The van der Waals surface area contributed by atoms with Gasteiger partial charge in [-0.1, -0.05) is 6.42 Å². The van der Waals surface area contributed by atoms with Crippen LogP contribution in [0, 0.1) is 0 Å². The second-order valence-electron chi connectivity index (χ2n) is 5.52. The first-order chi connectivity index (χ1) is 7.59. The first kappa shape index (κ1) is 13.9. The minimum atomic E-state index is 0.690. The van der Waals surface area contributed by atoms with Gasteiger partial charge in [0.25, 0.3) is 0 Å². The van der Waals surface area contributed by atoms with Gasteiger partial charge in [-0.05, 0) is 53.9 Å². The Morgan fingerprint density at radius 2 is 1.94 bits per heavy atom. The number of hydrogen-bond acceptors (Lipinski definition) is 3. The summed E-state index contributed by atoms with van der Waals surface area (Å²) in [6.45, 7) is 5.89. The number of hydrogen-bond donors (Lipinski definition) is 1. The van der Waals surface area contributed by atoms with Crippen LogP contribution in [0.15, 0.2) is 0 Å². The van der Waals surface area contributed by atoms with Gasteiger partial charge in [0.1, 0.15) is 0 Å². The molecular formula is C13H29N3. The fourth-order valence-electron chi connectivity index (χ4n) is 2.29. The van der Waals surface area contributed by atoms with Crippen LogP contribution in [0.3, 0.4) is 0 Å². The lowest BCUT2D eigenvalue weighted by Gasteiger charge is -2.31. The predicted octanol–water partition coefficient (Wildman–Crippen LogP) is 1.40. The van der Waals surface area contributed by atoms with Gasteiger partial charge < -0.3 is 15.1 Å². The quantitative estimate of drug-likeness (QED) is 0.740. The Morgan fingerprint density at radius 3 is 2.50 bits per heavy atom. The van der Waals surface area contributed by atoms with Crippen molar-refractivity contribution in [3.8, 4) is 0 Å². The van der Waals surface area contributed by atoms with Gasteiger partial charge in [-0.25, -0.2) is 0 Å². The molecular weight excluding hydrogens is 198 g/mol. The number of nitrogens with one attached hydrogen (secondary N) is 1. The van der Waals surface area contributed by atoms with Crippen LogP contribution in [0.4, 0.5) is 0 Å². The van der Waals surface area contributed by atoms with E-state index >= 15 is 0 Å². The molecule has 0 saturated carbocycles. The molecule has 0 bridgehead atoms. The molecule has 3 nitrogen and oxygen atoms in total. The van der Waals surface area contributed by atoms with Crippen LogP contribution in [-0.2, 0) is 0 Å². The van der Waals surface area contributed by atoms with E-state index in [0.29, 0.717) is 6.04 Å². The molecule has 1 saturated heterocycles. The number of likely N-dealkylation sites (N-methyl/N-ethyl adjacent to an activating group) is 2. The zero-order valence-electron chi connectivity index (χ0n) is 11.5. The molecule has 16 heavy (non-hydrogen) atoms. The number of piperidine rings is 1. The summed E-state index contributed by atoms with van der Waals surface area (Å²) in [7, 11) is 6.53. The molecule has 0 aromatic carbocycles. The lowest BCUT2D eigenvalue weighted by molar-refractivity contribution is 0.199. The standard InChI is InChI=1S/C13H29N3/c1-12(16(4)10-9-15(2)3)11-13-7-5-6-8-14-13/h12-14H,5-11H2,1-4H3. The Balaban J connectivity index is 2.19. The van der Waals surface area contributed by atoms with Gasteiger partial charge in [-0.2, -0.15) is 0 Å². The maximum Gasteiger partial charge on any atom is 0.0109 e. The normalized spacial score (nSPS) is 24.0. The highest BCUT2D eigenvalue weighted by atomic mass is 15.2. The van der Waals surface area contributed by atoms with Crippen LogP contribution in [0.1, 0.15) is 32.6 Å². The second-order valence-corrected chi connectivity index (χ2v) is 5.52. The van der Waals surface area contributed by atoms with E-state index in [4.69, 9.17) is 0 Å². The number of nitrogens with zero attached hydrogens (tertiary/aromatic N) is 2. The average molecular weight is 227 g/mol. The van der Waals surface area contributed by atoms with E-state index in [1.54, 1.807) is 0 Å². The minimum Gasteiger partial charge on any atom is -0.314 e. The van der Waals surface area contributed by atoms with Crippen LogP contribution in [0.2, 0.25) is 0 Å². The van der Waals surface area contributed by atoms with Crippen LogP contribution < -0.4 is 5.32 Å². The smallest absolute Gasteiger partial charge is 0.0109 e. The van der Waals surface area contributed by atoms with Crippen molar-refractivity contribution in [2.75, 3.05) is 40.8 Å². The zero-order chi connectivity index (χ0) is 12.0. The SMILES string of the molecule is CC(CC1CCCCN1)N(C)CCN(C)C. The molecule has 96 valence electrons. The summed E-state index contributed by atoms with van der Waals surface area (Å²) in [5.41, 5.74) is 0. The summed E-state index contributed by atoms with van der Waals surface area (Å²) in [6.07, 6.45) is 5.43. The molecule has 1 heterocycles. The van der Waals surface area contributed by atoms with Gasteiger partial charge >= 0.3 is 0 Å². The van der Waals surface area contributed by atoms with E-state index < -0.39 is 0 Å². The van der Waals surface area contributed by atoms with Gasteiger partial charge in [0.15, 0.2) is 0 Å². The maximum atomic E-state index is 3.63. The predicted molar refractivity (Wildman–Crippen MR) is 70.9 cm³/mol. The Morgan fingerprint density at radius 1 is 1.19 bits per heavy atom. The monoisotopic (exact) mass is 227 g/mol. The Bertz CT molecular complexity index is 176. The van der Waals surface area contributed by atoms with Crippen LogP contribution in [-0.4, -0.2) is 62.7 Å². The first-order valence-electron chi connectivity index (χ1n) is 6.68. The molecule has 0 aromatic heterocycles. The fourth-order valence-corrected chi connectivity index (χ4v) is 2.29. The van der Waals surface area contributed by atoms with Gasteiger partial charge in [-0.3, -0.25) is 0 Å². The molecule has 1 aliphatic heterocycles. The lowest BCUT2D eigenvalue weighted by atomic mass is 9.98. The van der Waals surface area contributed by atoms with Crippen LogP contribution >= 0.6 is 0 Å². The van der Waals surface area contributed by atoms with Crippen LogP contribution in [0.5, 0.6) is 0 Å². The molecule has 0 radical (unpaired) electrons. The van der Waals surface area contributed by atoms with Crippen molar-refractivity contribution in [3.63, 3.8) is 0 Å². The molecule has 2 atom stereocenters. The van der Waals surface area contributed by atoms with E-state index in [1.807, 2.05) is 0 Å². The average Bonchev–Trinajstić information content (AvgIpc) is 2.27. The Labute approximate surface area is 101 Å². The Kier molecular flexibility index (Phi) is 6.32. The summed E-state index contributed by atoms with van der Waals surface area (Å²) in [5.74, 6) is 0. The third-order valence-corrected chi connectivity index (χ3v) is 3.69. The second kappa shape index (κ2) is 7.25. The fraction of sp³-hybridized carbons (Fsp3) is 1.00. The van der Waals surface area contributed by atoms with E-state index in [2.05, 4.69) is 43.2 Å². The van der Waals surface area contributed by atoms with Crippen molar-refractivity contribution in [1.82, 2.24) is 15.1 Å². The zero-order valence-corrected chi connectivity index (χ0v) is 11.5. The molecule has 3 heteroatoms. The summed E-state index contributed by atoms with van der Waals surface area (Å²) in [5, 5.41) is 3.63. The molecule has 0 spiro atoms. The molecule has 1 fully saturated rings. The highest BCUT2D eigenvalue weighted by Crippen LogP contribution is 2.14. The van der Waals surface area contributed by atoms with E-state index in [0.717, 1.165) is 12.6 Å². The largest absolute Gasteiger partial charge is 0.314 e. The summed E-state index contributed by atoms with van der Waals surface area (Å²) < 4.78 is 0. The Hall–Kier alpha value is -0.120. The molecule has 1 N–H and O–H groups in total. The lowest BCUT2D eigenvalue weighted by Crippen LogP contribution is -2.42. The molecule has 0 aliphatic carbocycles. The molecule has 2 unspecified atom stereocenters. The van der Waals surface area contributed by atoms with Gasteiger partial charge in [0, 0.05) is 25.2 Å². The van der Waals surface area contributed by atoms with Crippen molar-refractivity contribution in [1.29, 1.82) is 0 Å². The minimum absolute atomic E-state index is 0.690. The molecule has 0 amide bonds. The molecule has 1 aliphatic rings. The van der Waals surface area contributed by atoms with Crippen molar-refractivity contribution >= 4 is 0 Å². The molecule has 1 rings (SSSR count). The van der Waals surface area contributed by atoms with Gasteiger partial charge in [0.05, 0.1) is 0 Å². The van der Waals surface area contributed by atoms with Gasteiger partial charge in [-0.15, -0.1) is 0 Å². The topological polar surface area (TPSA) is 18.5 Å². The van der Waals surface area contributed by atoms with E-state index in [-0.39, 0.29) is 0 Å². The van der Waals surface area contributed by atoms with Crippen LogP contribution in [0.25, 0.3) is 0 Å². The third-order valence-electron chi connectivity index (χ3n) is 3.69. The highest BCUT2D eigenvalue weighted by Gasteiger charge is 2.18. The van der Waals surface area contributed by atoms with E-state index in [1.165, 1.54) is 38.8 Å². The van der Waals surface area contributed by atoms with E-state index in [9.17, 15) is 0 Å². The van der Waals surface area contributed by atoms with Crippen molar-refractivity contribution in [2.45, 2.75) is 44.7 Å². The van der Waals surface area contributed by atoms with Crippen molar-refractivity contribution in [2.24, 2.45) is 0 Å². The van der Waals surface area contributed by atoms with Crippen molar-refractivity contribution < 1.29 is 0 Å². The third kappa shape index (κ3) is 5.28.